The highest BCUT2D eigenvalue weighted by atomic mass is 16.2. The number of amides is 1. The quantitative estimate of drug-likeness (QED) is 0.867. The van der Waals surface area contributed by atoms with E-state index in [1.807, 2.05) is 59.0 Å². The van der Waals surface area contributed by atoms with Crippen molar-refractivity contribution in [3.8, 4) is 0 Å². The fourth-order valence-electron chi connectivity index (χ4n) is 2.85. The van der Waals surface area contributed by atoms with Crippen molar-refractivity contribution < 1.29 is 4.79 Å². The molecule has 0 radical (unpaired) electrons. The number of carbonyl (C=O) groups excluding carboxylic acids is 1. The average Bonchev–Trinajstić information content (AvgIpc) is 3.09. The van der Waals surface area contributed by atoms with Crippen LogP contribution in [0.5, 0.6) is 0 Å². The Kier molecular flexibility index (Phi) is 4.09. The van der Waals surface area contributed by atoms with Crippen LogP contribution in [0.25, 0.3) is 0 Å². The third kappa shape index (κ3) is 2.95. The summed E-state index contributed by atoms with van der Waals surface area (Å²) in [5.74, 6) is 0.112. The van der Waals surface area contributed by atoms with Gasteiger partial charge in [0.2, 0.25) is 0 Å². The van der Waals surface area contributed by atoms with E-state index in [-0.39, 0.29) is 5.91 Å². The van der Waals surface area contributed by atoms with E-state index >= 15 is 0 Å². The average molecular weight is 299 g/mol. The second-order valence-electron chi connectivity index (χ2n) is 5.85. The first-order valence-electron chi connectivity index (χ1n) is 7.57. The molecule has 1 aromatic carbocycles. The Hall–Kier alpha value is -2.37. The van der Waals surface area contributed by atoms with Gasteiger partial charge < -0.3 is 9.80 Å². The van der Waals surface area contributed by atoms with Crippen LogP contribution in [0.2, 0.25) is 0 Å². The molecule has 6 heteroatoms. The van der Waals surface area contributed by atoms with Crippen LogP contribution in [0.1, 0.15) is 29.2 Å². The number of piperidine rings is 1. The first-order valence-corrected chi connectivity index (χ1v) is 7.57. The van der Waals surface area contributed by atoms with Gasteiger partial charge in [-0.15, -0.1) is 5.10 Å². The second kappa shape index (κ2) is 6.17. The minimum absolute atomic E-state index is 0.112. The van der Waals surface area contributed by atoms with Crippen LogP contribution in [-0.2, 0) is 0 Å². The molecule has 0 saturated carbocycles. The van der Waals surface area contributed by atoms with Gasteiger partial charge in [0, 0.05) is 44.6 Å². The van der Waals surface area contributed by atoms with Gasteiger partial charge in [-0.3, -0.25) is 4.79 Å². The number of likely N-dealkylation sites (tertiary alicyclic amines) is 1. The zero-order valence-corrected chi connectivity index (χ0v) is 13.0. The van der Waals surface area contributed by atoms with Crippen molar-refractivity contribution >= 4 is 11.6 Å². The number of nitrogens with zero attached hydrogens (tertiary/aromatic N) is 5. The van der Waals surface area contributed by atoms with Crippen molar-refractivity contribution in [3.63, 3.8) is 0 Å². The van der Waals surface area contributed by atoms with Gasteiger partial charge in [0.15, 0.2) is 0 Å². The Morgan fingerprint density at radius 3 is 2.68 bits per heavy atom. The Labute approximate surface area is 130 Å². The van der Waals surface area contributed by atoms with E-state index in [9.17, 15) is 4.79 Å². The lowest BCUT2D eigenvalue weighted by Gasteiger charge is -2.32. The lowest BCUT2D eigenvalue weighted by Crippen LogP contribution is -2.39. The van der Waals surface area contributed by atoms with E-state index in [1.165, 1.54) is 0 Å². The fourth-order valence-corrected chi connectivity index (χ4v) is 2.85. The van der Waals surface area contributed by atoms with Crippen LogP contribution in [0, 0.1) is 0 Å². The summed E-state index contributed by atoms with van der Waals surface area (Å²) < 4.78 is 1.90. The molecule has 0 aliphatic carbocycles. The molecule has 0 N–H and O–H groups in total. The second-order valence-corrected chi connectivity index (χ2v) is 5.85. The lowest BCUT2D eigenvalue weighted by molar-refractivity contribution is 0.0689. The maximum Gasteiger partial charge on any atom is 0.253 e. The molecule has 1 amide bonds. The number of anilines is 1. The first-order chi connectivity index (χ1) is 10.6. The molecule has 6 nitrogen and oxygen atoms in total. The standard InChI is InChI=1S/C16H21N5O/c1-19(2)15-5-3-4-13(12-15)16(22)20-9-6-14(7-10-20)21-11-8-17-18-21/h3-5,8,11-12,14H,6-7,9-10H2,1-2H3. The molecule has 1 aromatic heterocycles. The normalized spacial score (nSPS) is 15.8. The molecular weight excluding hydrogens is 278 g/mol. The summed E-state index contributed by atoms with van der Waals surface area (Å²) in [4.78, 5) is 16.6. The number of benzene rings is 1. The first kappa shape index (κ1) is 14.6. The van der Waals surface area contributed by atoms with Crippen molar-refractivity contribution in [1.29, 1.82) is 0 Å². The number of hydrogen-bond donors (Lipinski definition) is 0. The Morgan fingerprint density at radius 1 is 1.27 bits per heavy atom. The van der Waals surface area contributed by atoms with Crippen molar-refractivity contribution in [2.75, 3.05) is 32.1 Å². The smallest absolute Gasteiger partial charge is 0.253 e. The molecule has 0 spiro atoms. The van der Waals surface area contributed by atoms with Crippen molar-refractivity contribution in [1.82, 2.24) is 19.9 Å². The molecule has 0 bridgehead atoms. The van der Waals surface area contributed by atoms with Crippen LogP contribution >= 0.6 is 0 Å². The number of aromatic nitrogens is 3. The van der Waals surface area contributed by atoms with Gasteiger partial charge >= 0.3 is 0 Å². The fraction of sp³-hybridized carbons (Fsp3) is 0.438. The molecule has 2 heterocycles. The van der Waals surface area contributed by atoms with Gasteiger partial charge in [-0.1, -0.05) is 11.3 Å². The molecule has 1 fully saturated rings. The van der Waals surface area contributed by atoms with Crippen molar-refractivity contribution in [2.24, 2.45) is 0 Å². The molecule has 1 saturated heterocycles. The summed E-state index contributed by atoms with van der Waals surface area (Å²) in [6.07, 6.45) is 5.43. The van der Waals surface area contributed by atoms with E-state index < -0.39 is 0 Å². The predicted molar refractivity (Wildman–Crippen MR) is 85.0 cm³/mol. The minimum atomic E-state index is 0.112. The third-order valence-corrected chi connectivity index (χ3v) is 4.18. The molecule has 2 aromatic rings. The van der Waals surface area contributed by atoms with E-state index in [4.69, 9.17) is 0 Å². The summed E-state index contributed by atoms with van der Waals surface area (Å²) in [7, 11) is 3.96. The van der Waals surface area contributed by atoms with Crippen LogP contribution in [0.4, 0.5) is 5.69 Å². The van der Waals surface area contributed by atoms with Gasteiger partial charge in [-0.05, 0) is 31.0 Å². The monoisotopic (exact) mass is 299 g/mol. The zero-order valence-electron chi connectivity index (χ0n) is 13.0. The van der Waals surface area contributed by atoms with Crippen molar-refractivity contribution in [3.05, 3.63) is 42.2 Å². The zero-order chi connectivity index (χ0) is 15.5. The van der Waals surface area contributed by atoms with Crippen LogP contribution in [0.3, 0.4) is 0 Å². The van der Waals surface area contributed by atoms with Crippen LogP contribution in [-0.4, -0.2) is 53.0 Å². The summed E-state index contributed by atoms with van der Waals surface area (Å²) in [6.45, 7) is 1.52. The van der Waals surface area contributed by atoms with Crippen LogP contribution < -0.4 is 4.90 Å². The molecule has 116 valence electrons. The number of carbonyl (C=O) groups is 1. The minimum Gasteiger partial charge on any atom is -0.378 e. The topological polar surface area (TPSA) is 54.3 Å². The Bertz CT molecular complexity index is 630. The predicted octanol–water partition coefficient (Wildman–Crippen LogP) is 1.82. The summed E-state index contributed by atoms with van der Waals surface area (Å²) in [5, 5.41) is 7.91. The Morgan fingerprint density at radius 2 is 2.05 bits per heavy atom. The highest BCUT2D eigenvalue weighted by molar-refractivity contribution is 5.95. The lowest BCUT2D eigenvalue weighted by atomic mass is 10.0. The number of hydrogen-bond acceptors (Lipinski definition) is 4. The van der Waals surface area contributed by atoms with Gasteiger partial charge in [-0.2, -0.15) is 0 Å². The van der Waals surface area contributed by atoms with Crippen LogP contribution in [0.15, 0.2) is 36.7 Å². The van der Waals surface area contributed by atoms with E-state index in [0.29, 0.717) is 6.04 Å². The molecule has 3 rings (SSSR count). The molecule has 1 aliphatic heterocycles. The summed E-state index contributed by atoms with van der Waals surface area (Å²) in [5.41, 5.74) is 1.80. The Balaban J connectivity index is 1.66. The maximum atomic E-state index is 12.6. The molecule has 22 heavy (non-hydrogen) atoms. The SMILES string of the molecule is CN(C)c1cccc(C(=O)N2CCC(n3ccnn3)CC2)c1. The molecule has 1 aliphatic rings. The summed E-state index contributed by atoms with van der Waals surface area (Å²) in [6, 6.07) is 8.13. The van der Waals surface area contributed by atoms with Gasteiger partial charge in [-0.25, -0.2) is 4.68 Å². The number of rotatable bonds is 3. The van der Waals surface area contributed by atoms with Gasteiger partial charge in [0.1, 0.15) is 0 Å². The highest BCUT2D eigenvalue weighted by Gasteiger charge is 2.25. The largest absolute Gasteiger partial charge is 0.378 e. The van der Waals surface area contributed by atoms with E-state index in [1.54, 1.807) is 6.20 Å². The van der Waals surface area contributed by atoms with E-state index in [2.05, 4.69) is 10.3 Å². The highest BCUT2D eigenvalue weighted by Crippen LogP contribution is 2.23. The summed E-state index contributed by atoms with van der Waals surface area (Å²) >= 11 is 0. The van der Waals surface area contributed by atoms with E-state index in [0.717, 1.165) is 37.2 Å². The third-order valence-electron chi connectivity index (χ3n) is 4.18. The van der Waals surface area contributed by atoms with Gasteiger partial charge in [0.25, 0.3) is 5.91 Å². The van der Waals surface area contributed by atoms with Gasteiger partial charge in [0.05, 0.1) is 12.2 Å². The molecule has 0 unspecified atom stereocenters. The molecular formula is C16H21N5O. The maximum absolute atomic E-state index is 12.6. The molecule has 0 atom stereocenters. The van der Waals surface area contributed by atoms with Crippen molar-refractivity contribution in [2.45, 2.75) is 18.9 Å².